The maximum Gasteiger partial charge on any atom is 0.332 e. The number of carbonyl (C=O) groups is 2. The van der Waals surface area contributed by atoms with E-state index in [0.717, 1.165) is 11.1 Å². The molecule has 0 radical (unpaired) electrons. The van der Waals surface area contributed by atoms with Gasteiger partial charge in [0, 0.05) is 12.5 Å². The van der Waals surface area contributed by atoms with Gasteiger partial charge in [0.25, 0.3) is 0 Å². The Hall–Kier alpha value is -2.82. The highest BCUT2D eigenvalue weighted by atomic mass is 16.8. The minimum absolute atomic E-state index is 0.217. The van der Waals surface area contributed by atoms with E-state index in [4.69, 9.17) is 28.4 Å². The molecule has 37 heavy (non-hydrogen) atoms. The van der Waals surface area contributed by atoms with Crippen molar-refractivity contribution in [3.05, 3.63) is 71.8 Å². The molecule has 0 unspecified atom stereocenters. The van der Waals surface area contributed by atoms with Gasteiger partial charge in [0.1, 0.15) is 36.6 Å². The van der Waals surface area contributed by atoms with Gasteiger partial charge in [0.15, 0.2) is 12.6 Å². The van der Waals surface area contributed by atoms with Crippen LogP contribution in [0.25, 0.3) is 0 Å². The highest BCUT2D eigenvalue weighted by Crippen LogP contribution is 2.36. The molecule has 1 amide bonds. The number of hydrogen-bond acceptors (Lipinski definition) is 8. The summed E-state index contributed by atoms with van der Waals surface area (Å²) < 4.78 is 36.2. The molecule has 2 aliphatic rings. The molecule has 9 heteroatoms. The Bertz CT molecular complexity index is 1030. The Morgan fingerprint density at radius 2 is 1.65 bits per heavy atom. The molecule has 2 aromatic rings. The predicted octanol–water partition coefficient (Wildman–Crippen LogP) is 3.27. The van der Waals surface area contributed by atoms with E-state index in [1.54, 1.807) is 20.8 Å². The fraction of sp³-hybridized carbons (Fsp3) is 0.500. The van der Waals surface area contributed by atoms with E-state index in [1.165, 1.54) is 6.92 Å². The summed E-state index contributed by atoms with van der Waals surface area (Å²) in [7, 11) is 0. The molecular weight excluding hydrogens is 478 g/mol. The Morgan fingerprint density at radius 3 is 2.30 bits per heavy atom. The van der Waals surface area contributed by atoms with Gasteiger partial charge in [0.05, 0.1) is 13.2 Å². The number of nitrogens with one attached hydrogen (secondary N) is 1. The van der Waals surface area contributed by atoms with Gasteiger partial charge in [-0.1, -0.05) is 60.7 Å². The van der Waals surface area contributed by atoms with Gasteiger partial charge in [-0.2, -0.15) is 0 Å². The monoisotopic (exact) mass is 513 g/mol. The standard InChI is InChI=1S/C28H35NO8/c1-18(30)29-23-25(32-17-22(31)37-28(2,3)4)24-21(16-34-26(36-24)20-13-9-6-10-14-20)35-27(23)33-15-19-11-7-5-8-12-19/h5-14,21,23-27H,15-17H2,1-4H3,(H,29,30)/t21-,23-,24+,25-,26+,27+/m0/s1. The number of benzene rings is 2. The Morgan fingerprint density at radius 1 is 0.973 bits per heavy atom. The van der Waals surface area contributed by atoms with Gasteiger partial charge < -0.3 is 33.7 Å². The van der Waals surface area contributed by atoms with E-state index in [9.17, 15) is 9.59 Å². The van der Waals surface area contributed by atoms with Crippen molar-refractivity contribution in [2.45, 2.75) is 76.8 Å². The number of hydrogen-bond donors (Lipinski definition) is 1. The topological polar surface area (TPSA) is 102 Å². The van der Waals surface area contributed by atoms with Crippen LogP contribution >= 0.6 is 0 Å². The first-order valence-corrected chi connectivity index (χ1v) is 12.4. The maximum atomic E-state index is 12.5. The molecule has 4 rings (SSSR count). The van der Waals surface area contributed by atoms with Crippen molar-refractivity contribution in [2.75, 3.05) is 13.2 Å². The molecule has 2 heterocycles. The summed E-state index contributed by atoms with van der Waals surface area (Å²) in [5.74, 6) is -0.816. The van der Waals surface area contributed by atoms with Crippen LogP contribution in [-0.2, 0) is 44.6 Å². The van der Waals surface area contributed by atoms with E-state index in [1.807, 2.05) is 60.7 Å². The number of amides is 1. The van der Waals surface area contributed by atoms with Crippen molar-refractivity contribution in [1.29, 1.82) is 0 Å². The second-order valence-electron chi connectivity index (χ2n) is 10.1. The summed E-state index contributed by atoms with van der Waals surface area (Å²) in [6.45, 7) is 6.91. The fourth-order valence-corrected chi connectivity index (χ4v) is 4.37. The number of fused-ring (bicyclic) bond motifs is 1. The lowest BCUT2D eigenvalue weighted by Gasteiger charge is -2.49. The summed E-state index contributed by atoms with van der Waals surface area (Å²) in [6.07, 6.45) is -3.48. The van der Waals surface area contributed by atoms with Gasteiger partial charge in [-0.25, -0.2) is 4.79 Å². The largest absolute Gasteiger partial charge is 0.458 e. The highest BCUT2D eigenvalue weighted by molar-refractivity contribution is 5.73. The van der Waals surface area contributed by atoms with Crippen molar-refractivity contribution < 1.29 is 38.0 Å². The smallest absolute Gasteiger partial charge is 0.332 e. The third-order valence-corrected chi connectivity index (χ3v) is 5.85. The minimum atomic E-state index is -0.866. The van der Waals surface area contributed by atoms with E-state index in [-0.39, 0.29) is 25.7 Å². The first kappa shape index (κ1) is 27.2. The zero-order valence-electron chi connectivity index (χ0n) is 21.6. The van der Waals surface area contributed by atoms with Crippen LogP contribution in [0.3, 0.4) is 0 Å². The van der Waals surface area contributed by atoms with Gasteiger partial charge >= 0.3 is 5.97 Å². The SMILES string of the molecule is CC(=O)N[C@@H]1[C@H](OCc2ccccc2)O[C@H]2CO[C@@H](c3ccccc3)O[C@H]2[C@H]1OCC(=O)OC(C)(C)C. The predicted molar refractivity (Wildman–Crippen MR) is 133 cm³/mol. The van der Waals surface area contributed by atoms with E-state index >= 15 is 0 Å². The normalized spacial score (nSPS) is 27.7. The summed E-state index contributed by atoms with van der Waals surface area (Å²) >= 11 is 0. The summed E-state index contributed by atoms with van der Waals surface area (Å²) in [4.78, 5) is 24.7. The van der Waals surface area contributed by atoms with Crippen molar-refractivity contribution >= 4 is 11.9 Å². The fourth-order valence-electron chi connectivity index (χ4n) is 4.37. The van der Waals surface area contributed by atoms with Gasteiger partial charge in [-0.05, 0) is 26.3 Å². The molecule has 0 aliphatic carbocycles. The van der Waals surface area contributed by atoms with Crippen molar-refractivity contribution in [3.63, 3.8) is 0 Å². The average molecular weight is 514 g/mol. The van der Waals surface area contributed by atoms with Crippen LogP contribution in [0, 0.1) is 0 Å². The minimum Gasteiger partial charge on any atom is -0.458 e. The lowest BCUT2D eigenvalue weighted by atomic mass is 9.95. The molecule has 1 N–H and O–H groups in total. The lowest BCUT2D eigenvalue weighted by Crippen LogP contribution is -2.67. The first-order chi connectivity index (χ1) is 17.7. The zero-order chi connectivity index (χ0) is 26.4. The third kappa shape index (κ3) is 7.59. The number of carbonyl (C=O) groups excluding carboxylic acids is 2. The van der Waals surface area contributed by atoms with E-state index in [2.05, 4.69) is 5.32 Å². The Kier molecular flexibility index (Phi) is 8.94. The number of esters is 1. The number of rotatable bonds is 8. The number of ether oxygens (including phenoxy) is 6. The second-order valence-corrected chi connectivity index (χ2v) is 10.1. The van der Waals surface area contributed by atoms with Gasteiger partial charge in [-0.15, -0.1) is 0 Å². The van der Waals surface area contributed by atoms with Crippen LogP contribution in [0.4, 0.5) is 0 Å². The van der Waals surface area contributed by atoms with Crippen LogP contribution in [-0.4, -0.2) is 61.3 Å². The first-order valence-electron chi connectivity index (χ1n) is 12.4. The quantitative estimate of drug-likeness (QED) is 0.537. The van der Waals surface area contributed by atoms with Crippen LogP contribution in [0.1, 0.15) is 45.1 Å². The highest BCUT2D eigenvalue weighted by Gasteiger charge is 2.51. The molecule has 6 atom stereocenters. The molecule has 2 aromatic carbocycles. The summed E-state index contributed by atoms with van der Waals surface area (Å²) in [6, 6.07) is 18.4. The molecule has 2 saturated heterocycles. The molecule has 2 fully saturated rings. The Balaban J connectivity index is 1.56. The molecule has 0 bridgehead atoms. The van der Waals surface area contributed by atoms with E-state index < -0.39 is 48.5 Å². The van der Waals surface area contributed by atoms with Crippen molar-refractivity contribution in [2.24, 2.45) is 0 Å². The molecule has 0 aromatic heterocycles. The van der Waals surface area contributed by atoms with Crippen molar-refractivity contribution in [1.82, 2.24) is 5.32 Å². The van der Waals surface area contributed by atoms with Crippen LogP contribution < -0.4 is 5.32 Å². The van der Waals surface area contributed by atoms with Crippen LogP contribution in [0.5, 0.6) is 0 Å². The average Bonchev–Trinajstić information content (AvgIpc) is 2.86. The molecule has 9 nitrogen and oxygen atoms in total. The molecule has 0 spiro atoms. The van der Waals surface area contributed by atoms with Crippen LogP contribution in [0.2, 0.25) is 0 Å². The lowest BCUT2D eigenvalue weighted by molar-refractivity contribution is -0.349. The molecule has 200 valence electrons. The zero-order valence-corrected chi connectivity index (χ0v) is 21.6. The van der Waals surface area contributed by atoms with E-state index in [0.29, 0.717) is 0 Å². The van der Waals surface area contributed by atoms with Crippen LogP contribution in [0.15, 0.2) is 60.7 Å². The van der Waals surface area contributed by atoms with Gasteiger partial charge in [-0.3, -0.25) is 4.79 Å². The summed E-state index contributed by atoms with van der Waals surface area (Å²) in [5.41, 5.74) is 1.12. The molecular formula is C28H35NO8. The Labute approximate surface area is 217 Å². The molecule has 0 saturated carbocycles. The maximum absolute atomic E-state index is 12.5. The van der Waals surface area contributed by atoms with Gasteiger partial charge in [0.2, 0.25) is 5.91 Å². The molecule has 2 aliphatic heterocycles. The van der Waals surface area contributed by atoms with Crippen molar-refractivity contribution in [3.8, 4) is 0 Å². The third-order valence-electron chi connectivity index (χ3n) is 5.85. The summed E-state index contributed by atoms with van der Waals surface area (Å²) in [5, 5.41) is 2.89. The second kappa shape index (κ2) is 12.1.